The first-order valence-corrected chi connectivity index (χ1v) is 5.63. The maximum atomic E-state index is 12.2. The Morgan fingerprint density at radius 2 is 2.12 bits per heavy atom. The smallest absolute Gasteiger partial charge is 0.237 e. The fourth-order valence-electron chi connectivity index (χ4n) is 2.26. The van der Waals surface area contributed by atoms with E-state index in [1.165, 1.54) is 0 Å². The molecule has 4 nitrogen and oxygen atoms in total. The van der Waals surface area contributed by atoms with Gasteiger partial charge in [0.25, 0.3) is 0 Å². The summed E-state index contributed by atoms with van der Waals surface area (Å²) in [6, 6.07) is 5.60. The summed E-state index contributed by atoms with van der Waals surface area (Å²) in [6.07, 6.45) is 0. The van der Waals surface area contributed by atoms with Crippen LogP contribution in [0.1, 0.15) is 19.4 Å². The van der Waals surface area contributed by atoms with Crippen LogP contribution in [-0.4, -0.2) is 31.3 Å². The van der Waals surface area contributed by atoms with Crippen LogP contribution in [0.25, 0.3) is 0 Å². The van der Waals surface area contributed by atoms with Crippen LogP contribution in [0.4, 0.5) is 5.69 Å². The molecule has 0 saturated carbocycles. The summed E-state index contributed by atoms with van der Waals surface area (Å²) in [7, 11) is 1.61. The second-order valence-electron chi connectivity index (χ2n) is 4.69. The maximum Gasteiger partial charge on any atom is 0.237 e. The fraction of sp³-hybridized carbons (Fsp3) is 0.462. The number of benzene rings is 1. The predicted molar refractivity (Wildman–Crippen MR) is 65.5 cm³/mol. The Labute approximate surface area is 101 Å². The molecule has 0 bridgehead atoms. The summed E-state index contributed by atoms with van der Waals surface area (Å²) in [6.45, 7) is 4.09. The maximum absolute atomic E-state index is 12.2. The Hall–Kier alpha value is -1.55. The molecule has 0 unspecified atom stereocenters. The van der Waals surface area contributed by atoms with Crippen molar-refractivity contribution in [3.8, 4) is 5.75 Å². The standard InChI is InChI=1S/C13H17NO3/c1-13(2)10-8-9(17-3)4-5-11(10)14(6-7-15)12(13)16/h4-5,8,15H,6-7H2,1-3H3. The van der Waals surface area contributed by atoms with E-state index >= 15 is 0 Å². The van der Waals surface area contributed by atoms with Gasteiger partial charge in [-0.25, -0.2) is 0 Å². The minimum absolute atomic E-state index is 0.0230. The Bertz CT molecular complexity index is 454. The highest BCUT2D eigenvalue weighted by Gasteiger charge is 2.43. The first-order valence-electron chi connectivity index (χ1n) is 5.63. The van der Waals surface area contributed by atoms with Crippen LogP contribution in [-0.2, 0) is 10.2 Å². The molecule has 0 radical (unpaired) electrons. The van der Waals surface area contributed by atoms with Gasteiger partial charge < -0.3 is 14.7 Å². The minimum atomic E-state index is -0.557. The van der Waals surface area contributed by atoms with Crippen LogP contribution < -0.4 is 9.64 Å². The highest BCUT2D eigenvalue weighted by molar-refractivity contribution is 6.07. The normalized spacial score (nSPS) is 17.2. The Morgan fingerprint density at radius 3 is 2.71 bits per heavy atom. The zero-order valence-corrected chi connectivity index (χ0v) is 10.4. The van der Waals surface area contributed by atoms with Crippen molar-refractivity contribution in [2.75, 3.05) is 25.2 Å². The molecule has 1 aromatic carbocycles. The van der Waals surface area contributed by atoms with Crippen LogP contribution in [0, 0.1) is 0 Å². The molecule has 0 aliphatic carbocycles. The summed E-state index contributed by atoms with van der Waals surface area (Å²) in [4.78, 5) is 13.9. The number of carbonyl (C=O) groups excluding carboxylic acids is 1. The van der Waals surface area contributed by atoms with E-state index in [0.717, 1.165) is 17.0 Å². The van der Waals surface area contributed by atoms with Crippen molar-refractivity contribution >= 4 is 11.6 Å². The third-order valence-corrected chi connectivity index (χ3v) is 3.27. The van der Waals surface area contributed by atoms with Gasteiger partial charge in [-0.3, -0.25) is 4.79 Å². The van der Waals surface area contributed by atoms with E-state index in [9.17, 15) is 4.79 Å². The summed E-state index contributed by atoms with van der Waals surface area (Å²) < 4.78 is 5.18. The third kappa shape index (κ3) is 1.69. The van der Waals surface area contributed by atoms with Gasteiger partial charge in [-0.2, -0.15) is 0 Å². The lowest BCUT2D eigenvalue weighted by Crippen LogP contribution is -2.37. The molecule has 1 N–H and O–H groups in total. The summed E-state index contributed by atoms with van der Waals surface area (Å²) in [5.41, 5.74) is 1.27. The number of methoxy groups -OCH3 is 1. The quantitative estimate of drug-likeness (QED) is 0.859. The van der Waals surface area contributed by atoms with Crippen molar-refractivity contribution in [2.45, 2.75) is 19.3 Å². The SMILES string of the molecule is COc1ccc2c(c1)C(C)(C)C(=O)N2CCO. The van der Waals surface area contributed by atoms with Gasteiger partial charge in [-0.1, -0.05) is 0 Å². The number of aliphatic hydroxyl groups is 1. The number of fused-ring (bicyclic) bond motifs is 1. The molecule has 1 aliphatic rings. The van der Waals surface area contributed by atoms with E-state index in [1.54, 1.807) is 12.0 Å². The van der Waals surface area contributed by atoms with Crippen molar-refractivity contribution in [2.24, 2.45) is 0 Å². The number of nitrogens with zero attached hydrogens (tertiary/aromatic N) is 1. The zero-order valence-electron chi connectivity index (χ0n) is 10.4. The molecule has 2 rings (SSSR count). The van der Waals surface area contributed by atoms with Crippen LogP contribution in [0.15, 0.2) is 18.2 Å². The molecule has 1 amide bonds. The lowest BCUT2D eigenvalue weighted by Gasteiger charge is -2.19. The second-order valence-corrected chi connectivity index (χ2v) is 4.69. The largest absolute Gasteiger partial charge is 0.497 e. The van der Waals surface area contributed by atoms with Gasteiger partial charge in [-0.05, 0) is 37.6 Å². The molecule has 0 saturated heterocycles. The van der Waals surface area contributed by atoms with E-state index in [4.69, 9.17) is 9.84 Å². The summed E-state index contributed by atoms with van der Waals surface area (Å²) in [5, 5.41) is 9.02. The molecule has 1 aliphatic heterocycles. The fourth-order valence-corrected chi connectivity index (χ4v) is 2.26. The van der Waals surface area contributed by atoms with Gasteiger partial charge in [0.15, 0.2) is 0 Å². The van der Waals surface area contributed by atoms with Crippen molar-refractivity contribution in [1.29, 1.82) is 0 Å². The number of hydrogen-bond acceptors (Lipinski definition) is 3. The first kappa shape index (κ1) is 11.9. The summed E-state index contributed by atoms with van der Waals surface area (Å²) >= 11 is 0. The van der Waals surface area contributed by atoms with Gasteiger partial charge in [0.2, 0.25) is 5.91 Å². The van der Waals surface area contributed by atoms with Crippen LogP contribution in [0.3, 0.4) is 0 Å². The molecule has 1 heterocycles. The third-order valence-electron chi connectivity index (χ3n) is 3.27. The Kier molecular flexibility index (Phi) is 2.83. The van der Waals surface area contributed by atoms with Gasteiger partial charge >= 0.3 is 0 Å². The second kappa shape index (κ2) is 4.04. The number of ether oxygens (including phenoxy) is 1. The van der Waals surface area contributed by atoms with E-state index in [0.29, 0.717) is 6.54 Å². The highest BCUT2D eigenvalue weighted by Crippen LogP contribution is 2.42. The molecule has 4 heteroatoms. The van der Waals surface area contributed by atoms with Gasteiger partial charge in [0, 0.05) is 12.2 Å². The molecular formula is C13H17NO3. The first-order chi connectivity index (χ1) is 8.02. The number of aliphatic hydroxyl groups excluding tert-OH is 1. The van der Waals surface area contributed by atoms with Crippen LogP contribution >= 0.6 is 0 Å². The average Bonchev–Trinajstić information content (AvgIpc) is 2.51. The van der Waals surface area contributed by atoms with Crippen molar-refractivity contribution in [1.82, 2.24) is 0 Å². The van der Waals surface area contributed by atoms with Gasteiger partial charge in [0.05, 0.1) is 19.1 Å². The Balaban J connectivity index is 2.53. The molecule has 1 aromatic rings. The molecule has 0 aromatic heterocycles. The summed E-state index contributed by atoms with van der Waals surface area (Å²) in [5.74, 6) is 0.769. The van der Waals surface area contributed by atoms with E-state index in [1.807, 2.05) is 32.0 Å². The number of amides is 1. The lowest BCUT2D eigenvalue weighted by molar-refractivity contribution is -0.122. The molecule has 17 heavy (non-hydrogen) atoms. The van der Waals surface area contributed by atoms with E-state index < -0.39 is 5.41 Å². The predicted octanol–water partition coefficient (Wildman–Crippen LogP) is 1.31. The number of carbonyl (C=O) groups is 1. The van der Waals surface area contributed by atoms with Gasteiger partial charge in [-0.15, -0.1) is 0 Å². The topological polar surface area (TPSA) is 49.8 Å². The number of rotatable bonds is 3. The number of hydrogen-bond donors (Lipinski definition) is 1. The molecular weight excluding hydrogens is 218 g/mol. The lowest BCUT2D eigenvalue weighted by atomic mass is 9.86. The van der Waals surface area contributed by atoms with E-state index in [2.05, 4.69) is 0 Å². The molecule has 92 valence electrons. The van der Waals surface area contributed by atoms with Crippen molar-refractivity contribution in [3.05, 3.63) is 23.8 Å². The average molecular weight is 235 g/mol. The highest BCUT2D eigenvalue weighted by atomic mass is 16.5. The molecule has 0 spiro atoms. The van der Waals surface area contributed by atoms with Gasteiger partial charge in [0.1, 0.15) is 5.75 Å². The number of β-amino-alcohol motifs (C(OH)–C–C–N with tert-alkyl or cyclic N) is 1. The van der Waals surface area contributed by atoms with Crippen molar-refractivity contribution < 1.29 is 14.6 Å². The monoisotopic (exact) mass is 235 g/mol. The van der Waals surface area contributed by atoms with E-state index in [-0.39, 0.29) is 12.5 Å². The molecule has 0 atom stereocenters. The molecule has 0 fully saturated rings. The van der Waals surface area contributed by atoms with Crippen LogP contribution in [0.2, 0.25) is 0 Å². The number of anilines is 1. The van der Waals surface area contributed by atoms with Crippen LogP contribution in [0.5, 0.6) is 5.75 Å². The zero-order chi connectivity index (χ0) is 12.6. The van der Waals surface area contributed by atoms with Crippen molar-refractivity contribution in [3.63, 3.8) is 0 Å². The Morgan fingerprint density at radius 1 is 1.41 bits per heavy atom. The minimum Gasteiger partial charge on any atom is -0.497 e.